The zero-order valence-electron chi connectivity index (χ0n) is 17.6. The summed E-state index contributed by atoms with van der Waals surface area (Å²) >= 11 is 32.2. The zero-order chi connectivity index (χ0) is 26.3. The lowest BCUT2D eigenvalue weighted by Gasteiger charge is -2.23. The first-order valence-electron chi connectivity index (χ1n) is 9.87. The Morgan fingerprint density at radius 3 is 0.972 bits per heavy atom. The number of hydrogen-bond donors (Lipinski definition) is 0. The zero-order valence-corrected chi connectivity index (χ0v) is 31.8. The summed E-state index contributed by atoms with van der Waals surface area (Å²) in [6, 6.07) is 0.0470. The van der Waals surface area contributed by atoms with Crippen LogP contribution in [0.2, 0.25) is 0 Å². The van der Waals surface area contributed by atoms with Crippen molar-refractivity contribution in [2.75, 3.05) is 0 Å². The molecule has 0 saturated heterocycles. The fourth-order valence-corrected chi connectivity index (χ4v) is 9.64. The van der Waals surface area contributed by atoms with Gasteiger partial charge in [0.15, 0.2) is 0 Å². The van der Waals surface area contributed by atoms with Crippen LogP contribution in [-0.2, 0) is 0 Å². The molecule has 0 amide bonds. The Kier molecular flexibility index (Phi) is 10.0. The third-order valence-electron chi connectivity index (χ3n) is 4.59. The van der Waals surface area contributed by atoms with E-state index in [9.17, 15) is 0 Å². The van der Waals surface area contributed by atoms with Crippen molar-refractivity contribution in [2.24, 2.45) is 0 Å². The lowest BCUT2D eigenvalue weighted by molar-refractivity contribution is 0.329. The molecule has 0 aliphatic heterocycles. The molecule has 36 heavy (non-hydrogen) atoms. The number of allylic oxidation sites excluding steroid dienone is 9. The summed E-state index contributed by atoms with van der Waals surface area (Å²) < 4.78 is 19.4. The van der Waals surface area contributed by atoms with Gasteiger partial charge in [0.05, 0.1) is 0 Å². The van der Waals surface area contributed by atoms with Gasteiger partial charge in [0, 0.05) is 32.7 Å². The largest absolute Gasteiger partial charge is 0.423 e. The Morgan fingerprint density at radius 2 is 0.750 bits per heavy atom. The standard InChI is InChI=1S/C21H12Br9N3O3/c22-10-7-19(25,26)4-1-13(10)34-16-31-17(35-14-2-5-20(27,28)8-11(14)23)33-18(32-16)36-15-3-6-21(29,30)9-12(15)24/h1-6H,7-9H2. The molecule has 0 spiro atoms. The molecule has 0 N–H and O–H groups in total. The smallest absolute Gasteiger partial charge is 0.331 e. The number of ether oxygens (including phenoxy) is 3. The highest BCUT2D eigenvalue weighted by Crippen LogP contribution is 2.44. The molecule has 0 atom stereocenters. The fraction of sp³-hybridized carbons (Fsp3) is 0.286. The van der Waals surface area contributed by atoms with E-state index in [-0.39, 0.29) is 27.7 Å². The molecular weight excluding hydrogens is 1060 g/mol. The van der Waals surface area contributed by atoms with E-state index in [0.29, 0.717) is 36.5 Å². The molecule has 0 unspecified atom stereocenters. The van der Waals surface area contributed by atoms with Crippen molar-refractivity contribution in [1.82, 2.24) is 15.0 Å². The van der Waals surface area contributed by atoms with Gasteiger partial charge < -0.3 is 14.2 Å². The van der Waals surface area contributed by atoms with Crippen LogP contribution in [0.25, 0.3) is 0 Å². The average molecular weight is 1070 g/mol. The van der Waals surface area contributed by atoms with E-state index in [0.717, 1.165) is 13.4 Å². The molecule has 4 rings (SSSR count). The van der Waals surface area contributed by atoms with Crippen molar-refractivity contribution in [2.45, 2.75) is 29.0 Å². The van der Waals surface area contributed by atoms with Crippen molar-refractivity contribution in [3.63, 3.8) is 0 Å². The summed E-state index contributed by atoms with van der Waals surface area (Å²) in [5, 5.41) is 0. The van der Waals surface area contributed by atoms with Gasteiger partial charge in [-0.15, -0.1) is 15.0 Å². The molecule has 0 radical (unpaired) electrons. The minimum absolute atomic E-state index is 0.0157. The van der Waals surface area contributed by atoms with Crippen LogP contribution in [0.3, 0.4) is 0 Å². The maximum atomic E-state index is 6.00. The molecule has 1 aromatic heterocycles. The first-order valence-corrected chi connectivity index (χ1v) is 17.0. The summed E-state index contributed by atoms with van der Waals surface area (Å²) in [7, 11) is 0. The predicted octanol–water partition coefficient (Wildman–Crippen LogP) is 10.2. The van der Waals surface area contributed by atoms with Crippen LogP contribution >= 0.6 is 143 Å². The van der Waals surface area contributed by atoms with E-state index >= 15 is 0 Å². The van der Waals surface area contributed by atoms with Crippen LogP contribution in [-0.4, -0.2) is 24.7 Å². The van der Waals surface area contributed by atoms with Crippen molar-refractivity contribution in [3.8, 4) is 18.0 Å². The maximum Gasteiger partial charge on any atom is 0.331 e. The van der Waals surface area contributed by atoms with Crippen LogP contribution < -0.4 is 14.2 Å². The molecule has 0 saturated carbocycles. The third kappa shape index (κ3) is 8.34. The van der Waals surface area contributed by atoms with Crippen LogP contribution in [0.1, 0.15) is 19.3 Å². The Bertz CT molecular complexity index is 1100. The minimum Gasteiger partial charge on any atom is -0.423 e. The van der Waals surface area contributed by atoms with Crippen LogP contribution in [0.15, 0.2) is 67.2 Å². The van der Waals surface area contributed by atoms with E-state index < -0.39 is 0 Å². The molecule has 3 aliphatic carbocycles. The van der Waals surface area contributed by atoms with Crippen LogP contribution in [0, 0.1) is 0 Å². The van der Waals surface area contributed by atoms with Gasteiger partial charge in [0.1, 0.15) is 27.0 Å². The summed E-state index contributed by atoms with van der Waals surface area (Å²) in [4.78, 5) is 13.1. The number of hydrogen-bond acceptors (Lipinski definition) is 6. The predicted molar refractivity (Wildman–Crippen MR) is 173 cm³/mol. The molecule has 6 nitrogen and oxygen atoms in total. The molecule has 1 heterocycles. The summed E-state index contributed by atoms with van der Waals surface area (Å²) in [6.07, 6.45) is 13.1. The Labute approximate surface area is 283 Å². The van der Waals surface area contributed by atoms with Gasteiger partial charge in [-0.3, -0.25) is 0 Å². The number of nitrogens with zero attached hydrogens (tertiary/aromatic N) is 3. The van der Waals surface area contributed by atoms with Crippen LogP contribution in [0.4, 0.5) is 0 Å². The van der Waals surface area contributed by atoms with Gasteiger partial charge >= 0.3 is 18.0 Å². The lowest BCUT2D eigenvalue weighted by Crippen LogP contribution is -2.16. The normalized spacial score (nSPS) is 22.2. The second-order valence-electron chi connectivity index (χ2n) is 7.61. The summed E-state index contributed by atoms with van der Waals surface area (Å²) in [5.41, 5.74) is 0. The lowest BCUT2D eigenvalue weighted by atomic mass is 10.2. The third-order valence-corrected chi connectivity index (χ3v) is 9.87. The second-order valence-corrected chi connectivity index (χ2v) is 22.2. The molecule has 0 bridgehead atoms. The molecule has 15 heteroatoms. The number of halogens is 9. The van der Waals surface area contributed by atoms with Gasteiger partial charge in [-0.1, -0.05) is 162 Å². The SMILES string of the molecule is BrC1=C(Oc2nc(OC3=C(Br)CC(Br)(Br)C=C3)nc(OC3=C(Br)CC(Br)(Br)C=C3)n2)C=CC(Br)(Br)C1. The average Bonchev–Trinajstić information content (AvgIpc) is 2.73. The molecule has 1 aromatic rings. The molecule has 0 fully saturated rings. The Balaban J connectivity index is 1.65. The molecule has 0 aromatic carbocycles. The quantitative estimate of drug-likeness (QED) is 0.265. The Morgan fingerprint density at radius 1 is 0.500 bits per heavy atom. The number of rotatable bonds is 6. The van der Waals surface area contributed by atoms with Gasteiger partial charge in [-0.25, -0.2) is 0 Å². The van der Waals surface area contributed by atoms with Crippen molar-refractivity contribution in [3.05, 3.63) is 67.2 Å². The van der Waals surface area contributed by atoms with E-state index in [2.05, 4.69) is 158 Å². The highest BCUT2D eigenvalue weighted by atomic mass is 79.9. The minimum atomic E-state index is -0.356. The Hall–Kier alpha value is 1.17. The molecular formula is C21H12Br9N3O3. The van der Waals surface area contributed by atoms with Crippen molar-refractivity contribution >= 4 is 143 Å². The fourth-order valence-electron chi connectivity index (χ4n) is 2.94. The van der Waals surface area contributed by atoms with Crippen molar-refractivity contribution in [1.29, 1.82) is 0 Å². The van der Waals surface area contributed by atoms with Crippen molar-refractivity contribution < 1.29 is 14.2 Å². The first-order chi connectivity index (χ1) is 16.7. The number of alkyl halides is 6. The second kappa shape index (κ2) is 12.0. The topological polar surface area (TPSA) is 66.4 Å². The van der Waals surface area contributed by atoms with E-state index in [1.165, 1.54) is 0 Å². The van der Waals surface area contributed by atoms with Gasteiger partial charge in [0.2, 0.25) is 0 Å². The van der Waals surface area contributed by atoms with Gasteiger partial charge in [-0.2, -0.15) is 0 Å². The van der Waals surface area contributed by atoms with E-state index in [1.807, 2.05) is 36.5 Å². The molecule has 3 aliphatic rings. The summed E-state index contributed by atoms with van der Waals surface area (Å²) in [6.45, 7) is 0. The van der Waals surface area contributed by atoms with Gasteiger partial charge in [-0.05, 0) is 18.2 Å². The highest BCUT2D eigenvalue weighted by molar-refractivity contribution is 9.26. The van der Waals surface area contributed by atoms with Crippen LogP contribution in [0.5, 0.6) is 18.0 Å². The molecule has 192 valence electrons. The number of aromatic nitrogens is 3. The highest BCUT2D eigenvalue weighted by Gasteiger charge is 2.30. The maximum absolute atomic E-state index is 6.00. The van der Waals surface area contributed by atoms with E-state index in [1.54, 1.807) is 0 Å². The van der Waals surface area contributed by atoms with Gasteiger partial charge in [0.25, 0.3) is 0 Å². The van der Waals surface area contributed by atoms with E-state index in [4.69, 9.17) is 14.2 Å². The first kappa shape index (κ1) is 30.1. The monoisotopic (exact) mass is 1060 g/mol. The summed E-state index contributed by atoms with van der Waals surface area (Å²) in [5.74, 6) is 1.65.